The fourth-order valence-electron chi connectivity index (χ4n) is 3.64. The highest BCUT2D eigenvalue weighted by Gasteiger charge is 2.17. The van der Waals surface area contributed by atoms with Gasteiger partial charge in [-0.15, -0.1) is 0 Å². The SMILES string of the molecule is C[C@H]1CCCN(c2ccc([C@H](C)NC(=S)Nc3ccc(CC#N)cc3)cc2)C1. The first-order valence-corrected chi connectivity index (χ1v) is 10.3. The number of rotatable bonds is 5. The lowest BCUT2D eigenvalue weighted by Crippen LogP contribution is -2.34. The van der Waals surface area contributed by atoms with Crippen molar-refractivity contribution in [3.8, 4) is 6.07 Å². The summed E-state index contributed by atoms with van der Waals surface area (Å²) in [6.07, 6.45) is 3.03. The van der Waals surface area contributed by atoms with Gasteiger partial charge >= 0.3 is 0 Å². The second kappa shape index (κ2) is 9.57. The topological polar surface area (TPSA) is 51.1 Å². The molecule has 0 aromatic heterocycles. The molecule has 1 aliphatic rings. The molecule has 0 aliphatic carbocycles. The summed E-state index contributed by atoms with van der Waals surface area (Å²) in [5, 5.41) is 15.9. The first-order valence-electron chi connectivity index (χ1n) is 9.93. The molecule has 2 aromatic carbocycles. The number of piperidine rings is 1. The molecular weight excluding hydrogens is 364 g/mol. The van der Waals surface area contributed by atoms with E-state index in [4.69, 9.17) is 17.5 Å². The van der Waals surface area contributed by atoms with Crippen LogP contribution in [0.25, 0.3) is 0 Å². The van der Waals surface area contributed by atoms with Gasteiger partial charge in [0.15, 0.2) is 5.11 Å². The van der Waals surface area contributed by atoms with Crippen LogP contribution in [0, 0.1) is 17.2 Å². The van der Waals surface area contributed by atoms with Crippen LogP contribution in [0.3, 0.4) is 0 Å². The Balaban J connectivity index is 1.54. The molecule has 146 valence electrons. The van der Waals surface area contributed by atoms with E-state index in [1.165, 1.54) is 24.1 Å². The summed E-state index contributed by atoms with van der Waals surface area (Å²) in [7, 11) is 0. The largest absolute Gasteiger partial charge is 0.371 e. The van der Waals surface area contributed by atoms with E-state index in [1.807, 2.05) is 24.3 Å². The maximum atomic E-state index is 8.75. The van der Waals surface area contributed by atoms with Crippen LogP contribution in [-0.2, 0) is 6.42 Å². The van der Waals surface area contributed by atoms with Crippen LogP contribution in [0.15, 0.2) is 48.5 Å². The predicted octanol–water partition coefficient (Wildman–Crippen LogP) is 5.04. The van der Waals surface area contributed by atoms with Gasteiger partial charge in [0.2, 0.25) is 0 Å². The van der Waals surface area contributed by atoms with E-state index in [2.05, 4.69) is 59.7 Å². The predicted molar refractivity (Wildman–Crippen MR) is 121 cm³/mol. The Bertz CT molecular complexity index is 823. The number of anilines is 2. The van der Waals surface area contributed by atoms with Gasteiger partial charge < -0.3 is 15.5 Å². The summed E-state index contributed by atoms with van der Waals surface area (Å²) in [5.74, 6) is 0.770. The highest BCUT2D eigenvalue weighted by molar-refractivity contribution is 7.80. The lowest BCUT2D eigenvalue weighted by Gasteiger charge is -2.33. The van der Waals surface area contributed by atoms with Crippen molar-refractivity contribution in [2.24, 2.45) is 5.92 Å². The van der Waals surface area contributed by atoms with Crippen LogP contribution in [0.2, 0.25) is 0 Å². The minimum atomic E-state index is 0.118. The minimum Gasteiger partial charge on any atom is -0.371 e. The highest BCUT2D eigenvalue weighted by atomic mass is 32.1. The van der Waals surface area contributed by atoms with Crippen LogP contribution >= 0.6 is 12.2 Å². The molecule has 0 radical (unpaired) electrons. The molecule has 3 rings (SSSR count). The van der Waals surface area contributed by atoms with E-state index in [0.717, 1.165) is 30.3 Å². The quantitative estimate of drug-likeness (QED) is 0.699. The van der Waals surface area contributed by atoms with Crippen molar-refractivity contribution in [2.45, 2.75) is 39.2 Å². The second-order valence-corrected chi connectivity index (χ2v) is 8.05. The van der Waals surface area contributed by atoms with Gasteiger partial charge in [-0.05, 0) is 73.3 Å². The van der Waals surface area contributed by atoms with Crippen molar-refractivity contribution in [2.75, 3.05) is 23.3 Å². The van der Waals surface area contributed by atoms with Gasteiger partial charge in [-0.1, -0.05) is 31.2 Å². The van der Waals surface area contributed by atoms with E-state index >= 15 is 0 Å². The van der Waals surface area contributed by atoms with Gasteiger partial charge in [0.05, 0.1) is 18.5 Å². The molecule has 2 aromatic rings. The molecule has 2 N–H and O–H groups in total. The average molecular weight is 393 g/mol. The Morgan fingerprint density at radius 3 is 2.57 bits per heavy atom. The van der Waals surface area contributed by atoms with Gasteiger partial charge in [-0.2, -0.15) is 5.26 Å². The first kappa shape index (κ1) is 20.2. The van der Waals surface area contributed by atoms with Gasteiger partial charge in [-0.25, -0.2) is 0 Å². The minimum absolute atomic E-state index is 0.118. The fourth-order valence-corrected chi connectivity index (χ4v) is 3.94. The van der Waals surface area contributed by atoms with Crippen LogP contribution in [0.5, 0.6) is 0 Å². The van der Waals surface area contributed by atoms with Gasteiger partial charge in [-0.3, -0.25) is 0 Å². The zero-order chi connectivity index (χ0) is 19.9. The number of thiocarbonyl (C=S) groups is 1. The fraction of sp³-hybridized carbons (Fsp3) is 0.391. The maximum absolute atomic E-state index is 8.75. The molecule has 4 nitrogen and oxygen atoms in total. The Kier molecular flexibility index (Phi) is 6.89. The van der Waals surface area contributed by atoms with E-state index in [-0.39, 0.29) is 6.04 Å². The molecule has 0 amide bonds. The van der Waals surface area contributed by atoms with Crippen LogP contribution < -0.4 is 15.5 Å². The van der Waals surface area contributed by atoms with Gasteiger partial charge in [0.25, 0.3) is 0 Å². The van der Waals surface area contributed by atoms with Crippen LogP contribution in [-0.4, -0.2) is 18.2 Å². The van der Waals surface area contributed by atoms with Crippen molar-refractivity contribution in [1.82, 2.24) is 5.32 Å². The number of hydrogen-bond acceptors (Lipinski definition) is 3. The molecule has 0 unspecified atom stereocenters. The number of nitriles is 1. The standard InChI is InChI=1S/C23H28N4S/c1-17-4-3-15-27(16-17)22-11-7-20(8-12-22)18(2)25-23(28)26-21-9-5-19(6-10-21)13-14-24/h5-12,17-18H,3-4,13,15-16H2,1-2H3,(H2,25,26,28)/t17-,18-/m0/s1. The molecule has 1 saturated heterocycles. The number of nitrogens with one attached hydrogen (secondary N) is 2. The van der Waals surface area contributed by atoms with Crippen molar-refractivity contribution < 1.29 is 0 Å². The summed E-state index contributed by atoms with van der Waals surface area (Å²) in [6, 6.07) is 18.9. The van der Waals surface area contributed by atoms with Crippen molar-refractivity contribution in [3.05, 3.63) is 59.7 Å². The van der Waals surface area contributed by atoms with E-state index in [9.17, 15) is 0 Å². The number of nitrogens with zero attached hydrogens (tertiary/aromatic N) is 2. The average Bonchev–Trinajstić information content (AvgIpc) is 2.70. The summed E-state index contributed by atoms with van der Waals surface area (Å²) in [5.41, 5.74) is 4.44. The Morgan fingerprint density at radius 1 is 1.21 bits per heavy atom. The van der Waals surface area contributed by atoms with Crippen LogP contribution in [0.1, 0.15) is 43.9 Å². The number of benzene rings is 2. The lowest BCUT2D eigenvalue weighted by atomic mass is 9.99. The Labute approximate surface area is 173 Å². The van der Waals surface area contributed by atoms with Crippen molar-refractivity contribution in [1.29, 1.82) is 5.26 Å². The molecule has 1 heterocycles. The molecule has 0 saturated carbocycles. The lowest BCUT2D eigenvalue weighted by molar-refractivity contribution is 0.447. The molecule has 0 spiro atoms. The van der Waals surface area contributed by atoms with Gasteiger partial charge in [0.1, 0.15) is 0 Å². The Hall–Kier alpha value is -2.58. The molecule has 5 heteroatoms. The van der Waals surface area contributed by atoms with Gasteiger partial charge in [0, 0.05) is 24.5 Å². The smallest absolute Gasteiger partial charge is 0.171 e. The molecular formula is C23H28N4S. The summed E-state index contributed by atoms with van der Waals surface area (Å²) in [4.78, 5) is 2.48. The summed E-state index contributed by atoms with van der Waals surface area (Å²) in [6.45, 7) is 6.74. The molecule has 2 atom stereocenters. The first-order chi connectivity index (χ1) is 13.5. The van der Waals surface area contributed by atoms with E-state index < -0.39 is 0 Å². The van der Waals surface area contributed by atoms with Crippen LogP contribution in [0.4, 0.5) is 11.4 Å². The zero-order valence-electron chi connectivity index (χ0n) is 16.6. The third kappa shape index (κ3) is 5.46. The zero-order valence-corrected chi connectivity index (χ0v) is 17.4. The molecule has 0 bridgehead atoms. The van der Waals surface area contributed by atoms with Crippen molar-refractivity contribution in [3.63, 3.8) is 0 Å². The molecule has 28 heavy (non-hydrogen) atoms. The van der Waals surface area contributed by atoms with E-state index in [1.54, 1.807) is 0 Å². The Morgan fingerprint density at radius 2 is 1.93 bits per heavy atom. The third-order valence-corrected chi connectivity index (χ3v) is 5.48. The molecule has 1 fully saturated rings. The maximum Gasteiger partial charge on any atom is 0.171 e. The second-order valence-electron chi connectivity index (χ2n) is 7.64. The van der Waals surface area contributed by atoms with E-state index in [0.29, 0.717) is 11.5 Å². The van der Waals surface area contributed by atoms with Crippen molar-refractivity contribution >= 4 is 28.7 Å². The summed E-state index contributed by atoms with van der Waals surface area (Å²) >= 11 is 5.45. The summed E-state index contributed by atoms with van der Waals surface area (Å²) < 4.78 is 0. The third-order valence-electron chi connectivity index (χ3n) is 5.26. The molecule has 1 aliphatic heterocycles. The monoisotopic (exact) mass is 392 g/mol. The number of hydrogen-bond donors (Lipinski definition) is 2. The highest BCUT2D eigenvalue weighted by Crippen LogP contribution is 2.24. The normalized spacial score (nSPS) is 17.5.